The van der Waals surface area contributed by atoms with Crippen molar-refractivity contribution in [1.82, 2.24) is 19.8 Å². The monoisotopic (exact) mass is 495 g/mol. The van der Waals surface area contributed by atoms with E-state index in [-0.39, 0.29) is 18.0 Å². The second-order valence-electron chi connectivity index (χ2n) is 9.07. The summed E-state index contributed by atoms with van der Waals surface area (Å²) >= 11 is 5.79. The zero-order valence-corrected chi connectivity index (χ0v) is 21.2. The first-order valence-corrected chi connectivity index (χ1v) is 12.5. The topological polar surface area (TPSA) is 62.2 Å². The van der Waals surface area contributed by atoms with E-state index in [1.807, 2.05) is 49.4 Å². The summed E-state index contributed by atoms with van der Waals surface area (Å²) in [7, 11) is 0. The Balaban J connectivity index is 1.44. The van der Waals surface area contributed by atoms with Crippen molar-refractivity contribution in [2.45, 2.75) is 32.4 Å². The van der Waals surface area contributed by atoms with Gasteiger partial charge in [-0.05, 0) is 74.1 Å². The minimum Gasteiger partial charge on any atom is -0.352 e. The molecule has 1 aliphatic heterocycles. The summed E-state index contributed by atoms with van der Waals surface area (Å²) in [5.74, 6) is -0.0407. The first-order valence-electron chi connectivity index (χ1n) is 12.1. The van der Waals surface area contributed by atoms with Crippen LogP contribution in [0.2, 0.25) is 0 Å². The maximum Gasteiger partial charge on any atom is 0.226 e. The molecule has 4 aromatic rings. The van der Waals surface area contributed by atoms with Gasteiger partial charge in [-0.2, -0.15) is 0 Å². The molecule has 1 fully saturated rings. The van der Waals surface area contributed by atoms with Gasteiger partial charge < -0.3 is 20.1 Å². The van der Waals surface area contributed by atoms with Crippen molar-refractivity contribution in [3.8, 4) is 5.69 Å². The van der Waals surface area contributed by atoms with Gasteiger partial charge in [0.15, 0.2) is 5.11 Å². The number of amides is 1. The lowest BCUT2D eigenvalue weighted by atomic mass is 10.0. The van der Waals surface area contributed by atoms with Crippen molar-refractivity contribution in [2.24, 2.45) is 0 Å². The van der Waals surface area contributed by atoms with Gasteiger partial charge >= 0.3 is 0 Å². The van der Waals surface area contributed by atoms with Gasteiger partial charge in [0, 0.05) is 42.4 Å². The number of aromatic nitrogens is 2. The highest BCUT2D eigenvalue weighted by Gasteiger charge is 2.41. The molecule has 3 heterocycles. The highest BCUT2D eigenvalue weighted by Crippen LogP contribution is 2.39. The Morgan fingerprint density at radius 2 is 1.78 bits per heavy atom. The molecule has 182 valence electrons. The third-order valence-electron chi connectivity index (χ3n) is 6.59. The fourth-order valence-electron chi connectivity index (χ4n) is 4.69. The molecular weight excluding hydrogens is 466 g/mol. The van der Waals surface area contributed by atoms with Crippen LogP contribution in [-0.4, -0.2) is 32.0 Å². The molecule has 1 amide bonds. The molecule has 0 spiro atoms. The van der Waals surface area contributed by atoms with Gasteiger partial charge in [0.2, 0.25) is 5.91 Å². The van der Waals surface area contributed by atoms with Gasteiger partial charge in [-0.3, -0.25) is 9.78 Å². The van der Waals surface area contributed by atoms with Crippen LogP contribution in [0.3, 0.4) is 0 Å². The Bertz CT molecular complexity index is 1370. The molecule has 2 atom stereocenters. The average Bonchev–Trinajstić information content (AvgIpc) is 3.49. The van der Waals surface area contributed by atoms with Gasteiger partial charge in [0.05, 0.1) is 17.8 Å². The predicted octanol–water partition coefficient (Wildman–Crippen LogP) is 5.49. The zero-order chi connectivity index (χ0) is 25.1. The summed E-state index contributed by atoms with van der Waals surface area (Å²) in [5.41, 5.74) is 6.16. The fraction of sp³-hybridized carbons (Fsp3) is 0.207. The molecule has 7 heteroatoms. The van der Waals surface area contributed by atoms with E-state index in [0.717, 1.165) is 28.3 Å². The van der Waals surface area contributed by atoms with Gasteiger partial charge in [0.1, 0.15) is 0 Å². The van der Waals surface area contributed by atoms with E-state index in [2.05, 4.69) is 74.6 Å². The molecule has 0 saturated carbocycles. The molecule has 5 rings (SSSR count). The van der Waals surface area contributed by atoms with Crippen molar-refractivity contribution in [2.75, 3.05) is 11.9 Å². The molecule has 0 bridgehead atoms. The highest BCUT2D eigenvalue weighted by molar-refractivity contribution is 7.80. The largest absolute Gasteiger partial charge is 0.352 e. The summed E-state index contributed by atoms with van der Waals surface area (Å²) < 4.78 is 2.19. The van der Waals surface area contributed by atoms with E-state index < -0.39 is 0 Å². The van der Waals surface area contributed by atoms with Crippen molar-refractivity contribution in [1.29, 1.82) is 0 Å². The third-order valence-corrected chi connectivity index (χ3v) is 6.94. The zero-order valence-electron chi connectivity index (χ0n) is 20.4. The van der Waals surface area contributed by atoms with Crippen molar-refractivity contribution < 1.29 is 4.79 Å². The van der Waals surface area contributed by atoms with Crippen LogP contribution < -0.4 is 10.6 Å². The maximum atomic E-state index is 12.9. The number of aryl methyl sites for hydroxylation is 2. The third kappa shape index (κ3) is 4.88. The number of pyridine rings is 1. The second kappa shape index (κ2) is 10.3. The number of anilines is 1. The second-order valence-corrected chi connectivity index (χ2v) is 9.46. The van der Waals surface area contributed by atoms with Crippen LogP contribution in [0.1, 0.15) is 41.0 Å². The first kappa shape index (κ1) is 23.8. The maximum absolute atomic E-state index is 12.9. The number of hydrogen-bond donors (Lipinski definition) is 2. The SMILES string of the molecule is Cc1ccc(-n2cccc2[C@H]2[C@H](c3ccccn3)NC(=S)N2CCC(=O)Nc2ccccc2C)cc1. The molecule has 1 aliphatic rings. The minimum atomic E-state index is -0.141. The van der Waals surface area contributed by atoms with E-state index >= 15 is 0 Å². The van der Waals surface area contributed by atoms with E-state index in [1.54, 1.807) is 6.20 Å². The van der Waals surface area contributed by atoms with E-state index in [4.69, 9.17) is 12.2 Å². The summed E-state index contributed by atoms with van der Waals surface area (Å²) in [4.78, 5) is 19.6. The number of rotatable bonds is 7. The Kier molecular flexibility index (Phi) is 6.82. The lowest BCUT2D eigenvalue weighted by Crippen LogP contribution is -2.33. The number of carbonyl (C=O) groups excluding carboxylic acids is 1. The van der Waals surface area contributed by atoms with E-state index in [0.29, 0.717) is 18.1 Å². The smallest absolute Gasteiger partial charge is 0.226 e. The van der Waals surface area contributed by atoms with Crippen LogP contribution in [0.4, 0.5) is 5.69 Å². The number of nitrogens with zero attached hydrogens (tertiary/aromatic N) is 3. The molecule has 2 N–H and O–H groups in total. The number of hydrogen-bond acceptors (Lipinski definition) is 3. The van der Waals surface area contributed by atoms with Crippen molar-refractivity contribution >= 4 is 28.9 Å². The lowest BCUT2D eigenvalue weighted by molar-refractivity contribution is -0.116. The van der Waals surface area contributed by atoms with Crippen LogP contribution in [0.25, 0.3) is 5.69 Å². The number of benzene rings is 2. The van der Waals surface area contributed by atoms with E-state index in [9.17, 15) is 4.79 Å². The van der Waals surface area contributed by atoms with Crippen LogP contribution in [0, 0.1) is 13.8 Å². The first-order chi connectivity index (χ1) is 17.5. The number of para-hydroxylation sites is 1. The van der Waals surface area contributed by atoms with Gasteiger partial charge in [0.25, 0.3) is 0 Å². The van der Waals surface area contributed by atoms with Gasteiger partial charge in [-0.15, -0.1) is 0 Å². The summed E-state index contributed by atoms with van der Waals surface area (Å²) in [6.45, 7) is 4.55. The van der Waals surface area contributed by atoms with E-state index in [1.165, 1.54) is 5.56 Å². The molecule has 2 aromatic heterocycles. The molecule has 6 nitrogen and oxygen atoms in total. The van der Waals surface area contributed by atoms with Crippen LogP contribution in [0.15, 0.2) is 91.3 Å². The van der Waals surface area contributed by atoms with Crippen LogP contribution >= 0.6 is 12.2 Å². The molecular formula is C29H29N5OS. The van der Waals surface area contributed by atoms with Crippen LogP contribution in [-0.2, 0) is 4.79 Å². The molecule has 0 unspecified atom stereocenters. The Hall–Kier alpha value is -3.97. The molecule has 36 heavy (non-hydrogen) atoms. The molecule has 0 aliphatic carbocycles. The average molecular weight is 496 g/mol. The van der Waals surface area contributed by atoms with Crippen molar-refractivity contribution in [3.63, 3.8) is 0 Å². The molecule has 1 saturated heterocycles. The van der Waals surface area contributed by atoms with Crippen LogP contribution in [0.5, 0.6) is 0 Å². The Labute approximate surface area is 217 Å². The predicted molar refractivity (Wildman–Crippen MR) is 147 cm³/mol. The fourth-order valence-corrected chi connectivity index (χ4v) is 5.02. The number of nitrogens with one attached hydrogen (secondary N) is 2. The summed E-state index contributed by atoms with van der Waals surface area (Å²) in [6.07, 6.45) is 4.18. The summed E-state index contributed by atoms with van der Waals surface area (Å²) in [5, 5.41) is 7.14. The normalized spacial score (nSPS) is 17.2. The van der Waals surface area contributed by atoms with Gasteiger partial charge in [-0.25, -0.2) is 0 Å². The number of carbonyl (C=O) groups is 1. The summed E-state index contributed by atoms with van der Waals surface area (Å²) in [6, 6.07) is 26.1. The lowest BCUT2D eigenvalue weighted by Gasteiger charge is -2.29. The molecule has 0 radical (unpaired) electrons. The quantitative estimate of drug-likeness (QED) is 0.332. The minimum absolute atomic E-state index is 0.0407. The molecule has 2 aromatic carbocycles. The standard InChI is InChI=1S/C29H29N5OS/c1-20-12-14-22(15-13-20)33-18-7-11-25(33)28-27(24-10-5-6-17-30-24)32-29(36)34(28)19-16-26(35)31-23-9-4-3-8-21(23)2/h3-15,17-18,27-28H,16,19H2,1-2H3,(H,31,35)(H,32,36)/t27-,28-/m0/s1. The Morgan fingerprint density at radius 3 is 2.53 bits per heavy atom. The van der Waals surface area contributed by atoms with Crippen molar-refractivity contribution in [3.05, 3.63) is 114 Å². The van der Waals surface area contributed by atoms with Gasteiger partial charge in [-0.1, -0.05) is 42.0 Å². The highest BCUT2D eigenvalue weighted by atomic mass is 32.1. The number of thiocarbonyl (C=S) groups is 1. The Morgan fingerprint density at radius 1 is 1.00 bits per heavy atom.